The van der Waals surface area contributed by atoms with Gasteiger partial charge in [-0.15, -0.1) is 0 Å². The highest BCUT2D eigenvalue weighted by atomic mass is 19.3. The first-order valence-electron chi connectivity index (χ1n) is 5.53. The van der Waals surface area contributed by atoms with E-state index in [4.69, 9.17) is 5.11 Å². The second-order valence-electron chi connectivity index (χ2n) is 3.62. The van der Waals surface area contributed by atoms with Crippen molar-refractivity contribution in [3.05, 3.63) is 0 Å². The van der Waals surface area contributed by atoms with E-state index < -0.39 is 19.1 Å². The number of alkyl halides is 2. The zero-order chi connectivity index (χ0) is 13.1. The van der Waals surface area contributed by atoms with Crippen LogP contribution < -0.4 is 10.6 Å². The first-order chi connectivity index (χ1) is 8.02. The van der Waals surface area contributed by atoms with Crippen molar-refractivity contribution in [1.29, 1.82) is 0 Å². The predicted molar refractivity (Wildman–Crippen MR) is 59.0 cm³/mol. The van der Waals surface area contributed by atoms with Gasteiger partial charge < -0.3 is 20.5 Å². The Morgan fingerprint density at radius 2 is 2.12 bits per heavy atom. The summed E-state index contributed by atoms with van der Waals surface area (Å²) < 4.78 is 27.9. The topological polar surface area (TPSA) is 70.6 Å². The van der Waals surface area contributed by atoms with Crippen LogP contribution in [0.5, 0.6) is 0 Å². The van der Waals surface area contributed by atoms with Crippen molar-refractivity contribution in [1.82, 2.24) is 10.6 Å². The van der Waals surface area contributed by atoms with Crippen molar-refractivity contribution < 1.29 is 23.4 Å². The molecule has 0 saturated heterocycles. The molecule has 7 heteroatoms. The van der Waals surface area contributed by atoms with Crippen LogP contribution in [0.15, 0.2) is 0 Å². The van der Waals surface area contributed by atoms with Crippen molar-refractivity contribution in [3.63, 3.8) is 0 Å². The van der Waals surface area contributed by atoms with Crippen LogP contribution in [0.4, 0.5) is 8.78 Å². The second kappa shape index (κ2) is 10.4. The Hall–Kier alpha value is -0.790. The molecule has 0 aliphatic rings. The van der Waals surface area contributed by atoms with Gasteiger partial charge in [0, 0.05) is 26.1 Å². The van der Waals surface area contributed by atoms with E-state index >= 15 is 0 Å². The molecular formula is C10H20F2N2O3. The number of carbonyl (C=O) groups is 1. The molecule has 1 atom stereocenters. The van der Waals surface area contributed by atoms with Crippen LogP contribution >= 0.6 is 0 Å². The summed E-state index contributed by atoms with van der Waals surface area (Å²) in [4.78, 5) is 11.1. The van der Waals surface area contributed by atoms with Crippen LogP contribution in [0.2, 0.25) is 0 Å². The lowest BCUT2D eigenvalue weighted by atomic mass is 10.4. The van der Waals surface area contributed by atoms with Crippen molar-refractivity contribution in [2.45, 2.75) is 25.9 Å². The SMILES string of the molecule is CC(O)CNCCNC(=O)CCOCC(F)F. The number of hydrogen-bond acceptors (Lipinski definition) is 4. The van der Waals surface area contributed by atoms with E-state index in [0.29, 0.717) is 19.6 Å². The summed E-state index contributed by atoms with van der Waals surface area (Å²) in [6.07, 6.45) is -2.85. The molecule has 0 aliphatic carbocycles. The standard InChI is InChI=1S/C10H20F2N2O3/c1-8(15)6-13-3-4-14-10(16)2-5-17-7-9(11)12/h8-9,13,15H,2-7H2,1H3,(H,14,16). The fourth-order valence-electron chi connectivity index (χ4n) is 1.03. The molecule has 102 valence electrons. The van der Waals surface area contributed by atoms with Crippen LogP contribution in [0, 0.1) is 0 Å². The summed E-state index contributed by atoms with van der Waals surface area (Å²) in [5.74, 6) is -0.238. The number of halogens is 2. The fourth-order valence-corrected chi connectivity index (χ4v) is 1.03. The number of nitrogens with one attached hydrogen (secondary N) is 2. The fraction of sp³-hybridized carbons (Fsp3) is 0.900. The highest BCUT2D eigenvalue weighted by Gasteiger charge is 2.04. The van der Waals surface area contributed by atoms with Gasteiger partial charge in [-0.2, -0.15) is 0 Å². The molecule has 0 fully saturated rings. The maximum absolute atomic E-state index is 11.7. The molecule has 0 radical (unpaired) electrons. The molecule has 17 heavy (non-hydrogen) atoms. The van der Waals surface area contributed by atoms with Gasteiger partial charge in [0.15, 0.2) is 0 Å². The zero-order valence-corrected chi connectivity index (χ0v) is 9.92. The number of amides is 1. The Labute approximate surface area is 99.5 Å². The van der Waals surface area contributed by atoms with Crippen LogP contribution in [-0.4, -0.2) is 56.4 Å². The first-order valence-corrected chi connectivity index (χ1v) is 5.53. The summed E-state index contributed by atoms with van der Waals surface area (Å²) in [5, 5.41) is 14.4. The number of rotatable bonds is 10. The van der Waals surface area contributed by atoms with E-state index in [1.807, 2.05) is 0 Å². The van der Waals surface area contributed by atoms with E-state index in [-0.39, 0.29) is 18.9 Å². The number of aliphatic hydroxyl groups is 1. The zero-order valence-electron chi connectivity index (χ0n) is 9.92. The lowest BCUT2D eigenvalue weighted by molar-refractivity contribution is -0.122. The van der Waals surface area contributed by atoms with E-state index in [1.165, 1.54) is 0 Å². The van der Waals surface area contributed by atoms with Crippen molar-refractivity contribution in [3.8, 4) is 0 Å². The molecule has 5 nitrogen and oxygen atoms in total. The monoisotopic (exact) mass is 254 g/mol. The minimum atomic E-state index is -2.50. The second-order valence-corrected chi connectivity index (χ2v) is 3.62. The van der Waals surface area contributed by atoms with Crippen LogP contribution in [0.3, 0.4) is 0 Å². The first kappa shape index (κ1) is 16.2. The molecule has 0 saturated carbocycles. The molecular weight excluding hydrogens is 234 g/mol. The summed E-state index contributed by atoms with van der Waals surface area (Å²) in [6, 6.07) is 0. The minimum Gasteiger partial charge on any atom is -0.392 e. The molecule has 3 N–H and O–H groups in total. The van der Waals surface area contributed by atoms with Gasteiger partial charge in [-0.05, 0) is 6.92 Å². The highest BCUT2D eigenvalue weighted by Crippen LogP contribution is 1.93. The quantitative estimate of drug-likeness (QED) is 0.470. The normalized spacial score (nSPS) is 12.8. The van der Waals surface area contributed by atoms with Crippen LogP contribution in [-0.2, 0) is 9.53 Å². The third-order valence-corrected chi connectivity index (χ3v) is 1.78. The molecule has 0 aromatic carbocycles. The molecule has 1 amide bonds. The van der Waals surface area contributed by atoms with Gasteiger partial charge in [0.2, 0.25) is 5.91 Å². The maximum atomic E-state index is 11.7. The Morgan fingerprint density at radius 1 is 1.41 bits per heavy atom. The third kappa shape index (κ3) is 13.1. The van der Waals surface area contributed by atoms with Crippen molar-refractivity contribution in [2.24, 2.45) is 0 Å². The molecule has 0 rings (SSSR count). The Balaban J connectivity index is 3.23. The Kier molecular flexibility index (Phi) is 9.89. The van der Waals surface area contributed by atoms with Crippen LogP contribution in [0.25, 0.3) is 0 Å². The molecule has 0 spiro atoms. The van der Waals surface area contributed by atoms with E-state index in [0.717, 1.165) is 0 Å². The summed E-state index contributed by atoms with van der Waals surface area (Å²) in [6.45, 7) is 2.47. The Morgan fingerprint density at radius 3 is 2.71 bits per heavy atom. The highest BCUT2D eigenvalue weighted by molar-refractivity contribution is 5.75. The molecule has 0 aromatic rings. The van der Waals surface area contributed by atoms with Gasteiger partial charge in [-0.1, -0.05) is 0 Å². The number of aliphatic hydroxyl groups excluding tert-OH is 1. The molecule has 0 bridgehead atoms. The average Bonchev–Trinajstić information content (AvgIpc) is 2.23. The van der Waals surface area contributed by atoms with Crippen molar-refractivity contribution in [2.75, 3.05) is 32.8 Å². The predicted octanol–water partition coefficient (Wildman–Crippen LogP) is -0.255. The molecule has 0 heterocycles. The molecule has 1 unspecified atom stereocenters. The lowest BCUT2D eigenvalue weighted by Crippen LogP contribution is -2.34. The van der Waals surface area contributed by atoms with E-state index in [1.54, 1.807) is 6.92 Å². The third-order valence-electron chi connectivity index (χ3n) is 1.78. The largest absolute Gasteiger partial charge is 0.392 e. The summed E-state index contributed by atoms with van der Waals surface area (Å²) in [5.41, 5.74) is 0. The van der Waals surface area contributed by atoms with Gasteiger partial charge in [0.05, 0.1) is 12.7 Å². The lowest BCUT2D eigenvalue weighted by Gasteiger charge is -2.08. The van der Waals surface area contributed by atoms with Gasteiger partial charge in [-0.25, -0.2) is 8.78 Å². The number of hydrogen-bond donors (Lipinski definition) is 3. The van der Waals surface area contributed by atoms with Gasteiger partial charge in [0.1, 0.15) is 6.61 Å². The van der Waals surface area contributed by atoms with Gasteiger partial charge >= 0.3 is 0 Å². The smallest absolute Gasteiger partial charge is 0.261 e. The Bertz CT molecular complexity index is 204. The van der Waals surface area contributed by atoms with E-state index in [2.05, 4.69) is 15.4 Å². The number of ether oxygens (including phenoxy) is 1. The maximum Gasteiger partial charge on any atom is 0.261 e. The molecule has 0 aliphatic heterocycles. The van der Waals surface area contributed by atoms with Crippen molar-refractivity contribution >= 4 is 5.91 Å². The number of carbonyl (C=O) groups excluding carboxylic acids is 1. The summed E-state index contributed by atoms with van der Waals surface area (Å²) >= 11 is 0. The molecule has 0 aromatic heterocycles. The average molecular weight is 254 g/mol. The minimum absolute atomic E-state index is 0.00270. The van der Waals surface area contributed by atoms with Gasteiger partial charge in [-0.3, -0.25) is 4.79 Å². The van der Waals surface area contributed by atoms with Crippen LogP contribution in [0.1, 0.15) is 13.3 Å². The van der Waals surface area contributed by atoms with Gasteiger partial charge in [0.25, 0.3) is 6.43 Å². The summed E-state index contributed by atoms with van der Waals surface area (Å²) in [7, 11) is 0. The van der Waals surface area contributed by atoms with E-state index in [9.17, 15) is 13.6 Å².